The molecule has 2 saturated carbocycles. The van der Waals surface area contributed by atoms with E-state index in [-0.39, 0.29) is 11.9 Å². The molecule has 0 saturated heterocycles. The second kappa shape index (κ2) is 3.69. The van der Waals surface area contributed by atoms with Crippen molar-refractivity contribution in [1.82, 2.24) is 0 Å². The van der Waals surface area contributed by atoms with E-state index < -0.39 is 0 Å². The molecule has 0 radical (unpaired) electrons. The number of allylic oxidation sites excluding steroid dienone is 1. The lowest BCUT2D eigenvalue weighted by Crippen LogP contribution is -2.43. The molecule has 3 nitrogen and oxygen atoms in total. The maximum Gasteiger partial charge on any atom is 0.330 e. The van der Waals surface area contributed by atoms with Crippen LogP contribution in [0.25, 0.3) is 0 Å². The standard InChI is InChI=1S/C12H15NO2/c1-2-15-11(14)3-9-4-12(5-9)6-10(7-12)8-13/h3,10H,2,4-7H2,1H3. The molecule has 0 aromatic rings. The number of rotatable bonds is 2. The third-order valence-corrected chi connectivity index (χ3v) is 3.35. The molecule has 2 aliphatic rings. The van der Waals surface area contributed by atoms with E-state index in [0.29, 0.717) is 12.0 Å². The Morgan fingerprint density at radius 2 is 2.33 bits per heavy atom. The second-order valence-electron chi connectivity index (χ2n) is 4.64. The Morgan fingerprint density at radius 3 is 2.87 bits per heavy atom. The van der Waals surface area contributed by atoms with E-state index in [4.69, 9.17) is 10.00 Å². The van der Waals surface area contributed by atoms with Crippen LogP contribution >= 0.6 is 0 Å². The van der Waals surface area contributed by atoms with Gasteiger partial charge in [0, 0.05) is 12.0 Å². The zero-order valence-electron chi connectivity index (χ0n) is 8.95. The Hall–Kier alpha value is -1.30. The molecule has 0 aromatic carbocycles. The fourth-order valence-electron chi connectivity index (χ4n) is 2.73. The van der Waals surface area contributed by atoms with E-state index in [1.165, 1.54) is 5.57 Å². The summed E-state index contributed by atoms with van der Waals surface area (Å²) >= 11 is 0. The molecule has 3 heteroatoms. The maximum atomic E-state index is 11.1. The van der Waals surface area contributed by atoms with Gasteiger partial charge in [-0.2, -0.15) is 5.26 Å². The highest BCUT2D eigenvalue weighted by atomic mass is 16.5. The molecule has 0 bridgehead atoms. The first kappa shape index (κ1) is 10.2. The lowest BCUT2D eigenvalue weighted by Gasteiger charge is -2.53. The van der Waals surface area contributed by atoms with Gasteiger partial charge in [0.05, 0.1) is 12.7 Å². The number of carbonyl (C=O) groups is 1. The topological polar surface area (TPSA) is 50.1 Å². The minimum Gasteiger partial charge on any atom is -0.463 e. The van der Waals surface area contributed by atoms with Crippen LogP contribution in [0.2, 0.25) is 0 Å². The fourth-order valence-corrected chi connectivity index (χ4v) is 2.73. The SMILES string of the molecule is CCOC(=O)C=C1CC2(C1)CC(C#N)C2. The quantitative estimate of drug-likeness (QED) is 0.513. The van der Waals surface area contributed by atoms with E-state index in [1.54, 1.807) is 6.08 Å². The van der Waals surface area contributed by atoms with Gasteiger partial charge in [-0.25, -0.2) is 4.79 Å². The summed E-state index contributed by atoms with van der Waals surface area (Å²) in [4.78, 5) is 11.1. The first-order valence-corrected chi connectivity index (χ1v) is 5.43. The molecule has 0 heterocycles. The average Bonchev–Trinajstić information content (AvgIpc) is 2.07. The predicted molar refractivity (Wildman–Crippen MR) is 54.7 cm³/mol. The van der Waals surface area contributed by atoms with Crippen LogP contribution in [0.5, 0.6) is 0 Å². The van der Waals surface area contributed by atoms with Crippen molar-refractivity contribution < 1.29 is 9.53 Å². The first-order chi connectivity index (χ1) is 7.17. The lowest BCUT2D eigenvalue weighted by molar-refractivity contribution is -0.137. The fraction of sp³-hybridized carbons (Fsp3) is 0.667. The van der Waals surface area contributed by atoms with Gasteiger partial charge >= 0.3 is 5.97 Å². The summed E-state index contributed by atoms with van der Waals surface area (Å²) in [5.41, 5.74) is 1.56. The summed E-state index contributed by atoms with van der Waals surface area (Å²) in [6.07, 6.45) is 5.63. The van der Waals surface area contributed by atoms with Gasteiger partial charge < -0.3 is 4.74 Å². The van der Waals surface area contributed by atoms with Gasteiger partial charge in [0.2, 0.25) is 0 Å². The minimum atomic E-state index is -0.224. The van der Waals surface area contributed by atoms with Gasteiger partial charge in [0.25, 0.3) is 0 Å². The maximum absolute atomic E-state index is 11.1. The number of hydrogen-bond acceptors (Lipinski definition) is 3. The van der Waals surface area contributed by atoms with Crippen LogP contribution in [0, 0.1) is 22.7 Å². The molecule has 0 aliphatic heterocycles. The highest BCUT2D eigenvalue weighted by molar-refractivity contribution is 5.83. The molecule has 0 unspecified atom stereocenters. The normalized spacial score (nSPS) is 32.5. The molecule has 0 atom stereocenters. The summed E-state index contributed by atoms with van der Waals surface area (Å²) in [6.45, 7) is 2.24. The van der Waals surface area contributed by atoms with E-state index in [2.05, 4.69) is 6.07 Å². The molecule has 2 fully saturated rings. The molecule has 2 aliphatic carbocycles. The molecular formula is C12H15NO2. The van der Waals surface area contributed by atoms with Crippen molar-refractivity contribution in [2.45, 2.75) is 32.6 Å². The van der Waals surface area contributed by atoms with Gasteiger partial charge in [-0.05, 0) is 38.0 Å². The van der Waals surface area contributed by atoms with Crippen LogP contribution in [-0.4, -0.2) is 12.6 Å². The van der Waals surface area contributed by atoms with Crippen molar-refractivity contribution >= 4 is 5.97 Å². The van der Waals surface area contributed by atoms with Gasteiger partial charge in [-0.1, -0.05) is 5.57 Å². The zero-order chi connectivity index (χ0) is 10.9. The van der Waals surface area contributed by atoms with Crippen LogP contribution in [0.4, 0.5) is 0 Å². The highest BCUT2D eigenvalue weighted by Gasteiger charge is 2.50. The summed E-state index contributed by atoms with van der Waals surface area (Å²) < 4.78 is 4.84. The van der Waals surface area contributed by atoms with E-state index in [1.807, 2.05) is 6.92 Å². The van der Waals surface area contributed by atoms with Crippen LogP contribution in [0.15, 0.2) is 11.6 Å². The van der Waals surface area contributed by atoms with Crippen LogP contribution in [-0.2, 0) is 9.53 Å². The number of carbonyl (C=O) groups excluding carboxylic acids is 1. The molecular weight excluding hydrogens is 190 g/mol. The zero-order valence-corrected chi connectivity index (χ0v) is 8.95. The highest BCUT2D eigenvalue weighted by Crippen LogP contribution is 2.60. The monoisotopic (exact) mass is 205 g/mol. The Labute approximate surface area is 89.7 Å². The molecule has 0 N–H and O–H groups in total. The summed E-state index contributed by atoms with van der Waals surface area (Å²) in [5.74, 6) is 0.0349. The van der Waals surface area contributed by atoms with Crippen molar-refractivity contribution in [3.63, 3.8) is 0 Å². The van der Waals surface area contributed by atoms with Gasteiger partial charge in [0.1, 0.15) is 0 Å². The van der Waals surface area contributed by atoms with E-state index in [0.717, 1.165) is 25.7 Å². The van der Waals surface area contributed by atoms with E-state index in [9.17, 15) is 4.79 Å². The van der Waals surface area contributed by atoms with Crippen LogP contribution in [0.3, 0.4) is 0 Å². The molecule has 15 heavy (non-hydrogen) atoms. The van der Waals surface area contributed by atoms with Gasteiger partial charge in [0.15, 0.2) is 0 Å². The number of nitrogens with zero attached hydrogens (tertiary/aromatic N) is 1. The van der Waals surface area contributed by atoms with Crippen molar-refractivity contribution in [2.24, 2.45) is 11.3 Å². The Balaban J connectivity index is 1.79. The molecule has 2 rings (SSSR count). The smallest absolute Gasteiger partial charge is 0.330 e. The first-order valence-electron chi connectivity index (χ1n) is 5.43. The Bertz CT molecular complexity index is 335. The van der Waals surface area contributed by atoms with Gasteiger partial charge in [-0.15, -0.1) is 0 Å². The third kappa shape index (κ3) is 1.90. The van der Waals surface area contributed by atoms with Crippen LogP contribution < -0.4 is 0 Å². The Morgan fingerprint density at radius 1 is 1.67 bits per heavy atom. The largest absolute Gasteiger partial charge is 0.463 e. The minimum absolute atomic E-state index is 0.224. The predicted octanol–water partition coefficient (Wildman–Crippen LogP) is 2.19. The van der Waals surface area contributed by atoms with Crippen molar-refractivity contribution in [3.05, 3.63) is 11.6 Å². The number of nitriles is 1. The van der Waals surface area contributed by atoms with E-state index >= 15 is 0 Å². The molecule has 80 valence electrons. The molecule has 0 amide bonds. The summed E-state index contributed by atoms with van der Waals surface area (Å²) in [6, 6.07) is 2.29. The summed E-state index contributed by atoms with van der Waals surface area (Å²) in [7, 11) is 0. The van der Waals surface area contributed by atoms with Crippen molar-refractivity contribution in [3.8, 4) is 6.07 Å². The Kier molecular flexibility index (Phi) is 2.52. The summed E-state index contributed by atoms with van der Waals surface area (Å²) in [5, 5.41) is 8.68. The average molecular weight is 205 g/mol. The third-order valence-electron chi connectivity index (χ3n) is 3.35. The second-order valence-corrected chi connectivity index (χ2v) is 4.64. The van der Waals surface area contributed by atoms with Crippen molar-refractivity contribution in [1.29, 1.82) is 5.26 Å². The molecule has 0 aromatic heterocycles. The number of hydrogen-bond donors (Lipinski definition) is 0. The molecule has 1 spiro atoms. The van der Waals surface area contributed by atoms with Crippen LogP contribution in [0.1, 0.15) is 32.6 Å². The number of ether oxygens (including phenoxy) is 1. The van der Waals surface area contributed by atoms with Gasteiger partial charge in [-0.3, -0.25) is 0 Å². The van der Waals surface area contributed by atoms with Crippen molar-refractivity contribution in [2.75, 3.05) is 6.61 Å². The number of esters is 1. The lowest BCUT2D eigenvalue weighted by atomic mass is 9.50.